The molecule has 0 fully saturated rings. The van der Waals surface area contributed by atoms with E-state index in [0.29, 0.717) is 6.42 Å². The van der Waals surface area contributed by atoms with Crippen LogP contribution in [0.4, 0.5) is 0 Å². The molecule has 0 aliphatic rings. The van der Waals surface area contributed by atoms with Gasteiger partial charge in [-0.05, 0) is 13.8 Å². The van der Waals surface area contributed by atoms with E-state index >= 15 is 0 Å². The first-order chi connectivity index (χ1) is 4.54. The van der Waals surface area contributed by atoms with E-state index in [9.17, 15) is 10.1 Å². The lowest BCUT2D eigenvalue weighted by Gasteiger charge is -1.98. The van der Waals surface area contributed by atoms with Gasteiger partial charge in [0, 0.05) is 18.3 Å². The third-order valence-corrected chi connectivity index (χ3v) is 1.23. The number of rotatable bonds is 3. The Balaban J connectivity index is 3.70. The van der Waals surface area contributed by atoms with Crippen molar-refractivity contribution in [3.8, 4) is 0 Å². The zero-order valence-corrected chi connectivity index (χ0v) is 6.63. The maximum absolute atomic E-state index is 10.1. The predicted octanol–water partition coefficient (Wildman–Crippen LogP) is 2.01. The molecule has 10 heavy (non-hydrogen) atoms. The Morgan fingerprint density at radius 2 is 2.20 bits per heavy atom. The molecule has 0 aliphatic heterocycles. The molecule has 1 atom stereocenters. The molecule has 0 bridgehead atoms. The molecule has 0 spiro atoms. The first kappa shape index (κ1) is 9.14. The minimum Gasteiger partial charge on any atom is -0.264 e. The van der Waals surface area contributed by atoms with E-state index in [4.69, 9.17) is 0 Å². The lowest BCUT2D eigenvalue weighted by molar-refractivity contribution is -0.517. The van der Waals surface area contributed by atoms with Crippen LogP contribution in [0.15, 0.2) is 11.6 Å². The fourth-order valence-corrected chi connectivity index (χ4v) is 0.492. The maximum atomic E-state index is 10.1. The highest BCUT2D eigenvalue weighted by Crippen LogP contribution is 1.99. The summed E-state index contributed by atoms with van der Waals surface area (Å²) in [6, 6.07) is -0.449. The molecule has 0 saturated heterocycles. The third kappa shape index (κ3) is 4.06. The van der Waals surface area contributed by atoms with Crippen LogP contribution >= 0.6 is 0 Å². The largest absolute Gasteiger partial charge is 0.264 e. The Bertz CT molecular complexity index is 148. The SMILES string of the molecule is CC(C)=CCC(C)[N+](=O)[O-]. The van der Waals surface area contributed by atoms with Crippen molar-refractivity contribution < 1.29 is 4.92 Å². The molecule has 0 saturated carbocycles. The molecule has 3 heteroatoms. The van der Waals surface area contributed by atoms with E-state index in [1.54, 1.807) is 6.92 Å². The van der Waals surface area contributed by atoms with Crippen molar-refractivity contribution >= 4 is 0 Å². The first-order valence-corrected chi connectivity index (χ1v) is 3.31. The summed E-state index contributed by atoms with van der Waals surface area (Å²) in [6.07, 6.45) is 2.42. The molecule has 0 heterocycles. The van der Waals surface area contributed by atoms with Crippen LogP contribution in [0.25, 0.3) is 0 Å². The summed E-state index contributed by atoms with van der Waals surface area (Å²) in [7, 11) is 0. The normalized spacial score (nSPS) is 12.3. The summed E-state index contributed by atoms with van der Waals surface area (Å²) in [6.45, 7) is 5.48. The van der Waals surface area contributed by atoms with Gasteiger partial charge in [-0.15, -0.1) is 0 Å². The lowest BCUT2D eigenvalue weighted by Crippen LogP contribution is -2.13. The van der Waals surface area contributed by atoms with Crippen LogP contribution in [0, 0.1) is 10.1 Å². The van der Waals surface area contributed by atoms with Crippen molar-refractivity contribution in [1.82, 2.24) is 0 Å². The average Bonchev–Trinajstić information content (AvgIpc) is 1.82. The zero-order chi connectivity index (χ0) is 8.15. The van der Waals surface area contributed by atoms with Gasteiger partial charge in [-0.3, -0.25) is 10.1 Å². The molecule has 3 nitrogen and oxygen atoms in total. The van der Waals surface area contributed by atoms with Crippen LogP contribution in [0.1, 0.15) is 27.2 Å². The number of allylic oxidation sites excluding steroid dienone is 1. The van der Waals surface area contributed by atoms with Crippen LogP contribution in [0.2, 0.25) is 0 Å². The Labute approximate surface area is 60.9 Å². The molecule has 0 N–H and O–H groups in total. The molecule has 0 aliphatic carbocycles. The Hall–Kier alpha value is -0.860. The van der Waals surface area contributed by atoms with Crippen molar-refractivity contribution in [2.75, 3.05) is 0 Å². The van der Waals surface area contributed by atoms with Gasteiger partial charge >= 0.3 is 0 Å². The predicted molar refractivity (Wildman–Crippen MR) is 40.5 cm³/mol. The van der Waals surface area contributed by atoms with E-state index in [-0.39, 0.29) is 4.92 Å². The topological polar surface area (TPSA) is 43.1 Å². The highest BCUT2D eigenvalue weighted by Gasteiger charge is 2.08. The third-order valence-electron chi connectivity index (χ3n) is 1.23. The van der Waals surface area contributed by atoms with Gasteiger partial charge in [0.15, 0.2) is 0 Å². The van der Waals surface area contributed by atoms with Crippen LogP contribution < -0.4 is 0 Å². The number of nitro groups is 1. The van der Waals surface area contributed by atoms with Gasteiger partial charge in [0.25, 0.3) is 0 Å². The molecule has 1 unspecified atom stereocenters. The zero-order valence-electron chi connectivity index (χ0n) is 6.63. The van der Waals surface area contributed by atoms with E-state index in [2.05, 4.69) is 0 Å². The number of hydrogen-bond acceptors (Lipinski definition) is 2. The van der Waals surface area contributed by atoms with Gasteiger partial charge in [-0.2, -0.15) is 0 Å². The van der Waals surface area contributed by atoms with E-state index in [1.165, 1.54) is 0 Å². The summed E-state index contributed by atoms with van der Waals surface area (Å²) >= 11 is 0. The van der Waals surface area contributed by atoms with Gasteiger partial charge < -0.3 is 0 Å². The van der Waals surface area contributed by atoms with Crippen molar-refractivity contribution in [2.45, 2.75) is 33.2 Å². The molecule has 0 rings (SSSR count). The van der Waals surface area contributed by atoms with Gasteiger partial charge in [-0.1, -0.05) is 11.6 Å². The summed E-state index contributed by atoms with van der Waals surface area (Å²) in [4.78, 5) is 9.82. The second-order valence-electron chi connectivity index (χ2n) is 2.65. The monoisotopic (exact) mass is 143 g/mol. The summed E-state index contributed by atoms with van der Waals surface area (Å²) in [5.41, 5.74) is 1.13. The van der Waals surface area contributed by atoms with Crippen molar-refractivity contribution in [3.63, 3.8) is 0 Å². The quantitative estimate of drug-likeness (QED) is 0.344. The highest BCUT2D eigenvalue weighted by molar-refractivity contribution is 4.93. The van der Waals surface area contributed by atoms with Gasteiger partial charge in [-0.25, -0.2) is 0 Å². The van der Waals surface area contributed by atoms with Crippen LogP contribution in [0.3, 0.4) is 0 Å². The lowest BCUT2D eigenvalue weighted by atomic mass is 10.2. The van der Waals surface area contributed by atoms with E-state index < -0.39 is 6.04 Å². The maximum Gasteiger partial charge on any atom is 0.213 e. The minimum atomic E-state index is -0.449. The number of nitrogens with zero attached hydrogens (tertiary/aromatic N) is 1. The molecule has 0 aromatic carbocycles. The van der Waals surface area contributed by atoms with Crippen molar-refractivity contribution in [2.24, 2.45) is 0 Å². The summed E-state index contributed by atoms with van der Waals surface area (Å²) in [5.74, 6) is 0. The Morgan fingerprint density at radius 1 is 1.70 bits per heavy atom. The second kappa shape index (κ2) is 4.04. The summed E-state index contributed by atoms with van der Waals surface area (Å²) < 4.78 is 0. The first-order valence-electron chi connectivity index (χ1n) is 3.31. The standard InChI is InChI=1S/C7H13NO2/c1-6(2)4-5-7(3)8(9)10/h4,7H,5H2,1-3H3. The van der Waals surface area contributed by atoms with Crippen LogP contribution in [-0.4, -0.2) is 11.0 Å². The molecule has 0 radical (unpaired) electrons. The molecule has 0 amide bonds. The Kier molecular flexibility index (Phi) is 3.69. The van der Waals surface area contributed by atoms with Crippen molar-refractivity contribution in [3.05, 3.63) is 21.8 Å². The Morgan fingerprint density at radius 3 is 2.50 bits per heavy atom. The molecule has 0 aromatic heterocycles. The minimum absolute atomic E-state index is 0.264. The smallest absolute Gasteiger partial charge is 0.213 e. The van der Waals surface area contributed by atoms with Crippen LogP contribution in [-0.2, 0) is 0 Å². The number of hydrogen-bond donors (Lipinski definition) is 0. The average molecular weight is 143 g/mol. The highest BCUT2D eigenvalue weighted by atomic mass is 16.6. The molecular weight excluding hydrogens is 130 g/mol. The van der Waals surface area contributed by atoms with Gasteiger partial charge in [0.1, 0.15) is 0 Å². The van der Waals surface area contributed by atoms with Gasteiger partial charge in [0.2, 0.25) is 6.04 Å². The fourth-order valence-electron chi connectivity index (χ4n) is 0.492. The van der Waals surface area contributed by atoms with E-state index in [1.807, 2.05) is 19.9 Å². The molecule has 0 aromatic rings. The van der Waals surface area contributed by atoms with E-state index in [0.717, 1.165) is 5.57 Å². The second-order valence-corrected chi connectivity index (χ2v) is 2.65. The molecular formula is C7H13NO2. The summed E-state index contributed by atoms with van der Waals surface area (Å²) in [5, 5.41) is 10.1. The van der Waals surface area contributed by atoms with Gasteiger partial charge in [0.05, 0.1) is 0 Å². The van der Waals surface area contributed by atoms with Crippen molar-refractivity contribution in [1.29, 1.82) is 0 Å². The molecule has 58 valence electrons. The van der Waals surface area contributed by atoms with Crippen LogP contribution in [0.5, 0.6) is 0 Å². The fraction of sp³-hybridized carbons (Fsp3) is 0.714.